The highest BCUT2D eigenvalue weighted by atomic mass is 16.3. The summed E-state index contributed by atoms with van der Waals surface area (Å²) in [7, 11) is 1.81. The van der Waals surface area contributed by atoms with Crippen molar-refractivity contribution in [3.05, 3.63) is 53.3 Å². The van der Waals surface area contributed by atoms with E-state index in [0.29, 0.717) is 12.0 Å². The van der Waals surface area contributed by atoms with Crippen molar-refractivity contribution in [2.75, 3.05) is 0 Å². The lowest BCUT2D eigenvalue weighted by atomic mass is 9.89. The van der Waals surface area contributed by atoms with E-state index in [0.717, 1.165) is 11.3 Å². The van der Waals surface area contributed by atoms with Gasteiger partial charge in [0.05, 0.1) is 23.4 Å². The molecule has 130 valence electrons. The molecule has 1 heterocycles. The van der Waals surface area contributed by atoms with Crippen LogP contribution in [0.15, 0.2) is 36.5 Å². The molecule has 0 radical (unpaired) electrons. The van der Waals surface area contributed by atoms with Crippen LogP contribution in [-0.2, 0) is 18.9 Å². The average molecular weight is 329 g/mol. The molecular weight excluding hydrogens is 302 g/mol. The third-order valence-electron chi connectivity index (χ3n) is 4.01. The topological polar surface area (TPSA) is 67.2 Å². The minimum absolute atomic E-state index is 0.201. The molecule has 2 unspecified atom stereocenters. The van der Waals surface area contributed by atoms with Crippen LogP contribution in [0.2, 0.25) is 0 Å². The van der Waals surface area contributed by atoms with E-state index in [1.807, 2.05) is 58.0 Å². The lowest BCUT2D eigenvalue weighted by Gasteiger charge is -2.22. The number of rotatable bonds is 5. The number of aryl methyl sites for hydroxylation is 1. The first-order chi connectivity index (χ1) is 11.2. The number of aliphatic hydroxyl groups excluding tert-OH is 1. The van der Waals surface area contributed by atoms with Crippen molar-refractivity contribution < 1.29 is 9.90 Å². The molecule has 1 aromatic heterocycles. The second kappa shape index (κ2) is 7.18. The minimum Gasteiger partial charge on any atom is -0.391 e. The number of hydrogen-bond acceptors (Lipinski definition) is 3. The zero-order valence-electron chi connectivity index (χ0n) is 15.1. The fourth-order valence-electron chi connectivity index (χ4n) is 2.62. The average Bonchev–Trinajstić information content (AvgIpc) is 2.90. The number of amides is 1. The first-order valence-corrected chi connectivity index (χ1v) is 8.25. The van der Waals surface area contributed by atoms with Crippen LogP contribution in [-0.4, -0.2) is 32.9 Å². The van der Waals surface area contributed by atoms with E-state index in [2.05, 4.69) is 10.4 Å². The molecule has 2 N–H and O–H groups in total. The van der Waals surface area contributed by atoms with Crippen LogP contribution in [0.3, 0.4) is 0 Å². The molecule has 0 fully saturated rings. The Kier molecular flexibility index (Phi) is 5.44. The molecule has 2 aromatic rings. The van der Waals surface area contributed by atoms with Gasteiger partial charge in [-0.3, -0.25) is 9.48 Å². The molecule has 5 heteroatoms. The Labute approximate surface area is 143 Å². The fraction of sp³-hybridized carbons (Fsp3) is 0.474. The molecule has 0 saturated carbocycles. The van der Waals surface area contributed by atoms with Crippen molar-refractivity contribution in [3.8, 4) is 0 Å². The molecule has 5 nitrogen and oxygen atoms in total. The van der Waals surface area contributed by atoms with E-state index in [4.69, 9.17) is 0 Å². The molecule has 0 bridgehead atoms. The third-order valence-corrected chi connectivity index (χ3v) is 4.01. The van der Waals surface area contributed by atoms with Gasteiger partial charge in [0.2, 0.25) is 0 Å². The predicted octanol–water partition coefficient (Wildman–Crippen LogP) is 2.44. The zero-order valence-corrected chi connectivity index (χ0v) is 15.1. The molecule has 0 aliphatic carbocycles. The van der Waals surface area contributed by atoms with Crippen LogP contribution in [0.25, 0.3) is 0 Å². The lowest BCUT2D eigenvalue weighted by molar-refractivity contribution is 0.0849. The fourth-order valence-corrected chi connectivity index (χ4v) is 2.62. The Balaban J connectivity index is 2.06. The van der Waals surface area contributed by atoms with Gasteiger partial charge in [-0.1, -0.05) is 51.1 Å². The number of aromatic nitrogens is 2. The van der Waals surface area contributed by atoms with Gasteiger partial charge in [-0.25, -0.2) is 0 Å². The summed E-state index contributed by atoms with van der Waals surface area (Å²) >= 11 is 0. The van der Waals surface area contributed by atoms with E-state index in [1.165, 1.54) is 0 Å². The van der Waals surface area contributed by atoms with Crippen molar-refractivity contribution in [1.82, 2.24) is 15.1 Å². The molecule has 0 aliphatic heterocycles. The van der Waals surface area contributed by atoms with E-state index >= 15 is 0 Å². The summed E-state index contributed by atoms with van der Waals surface area (Å²) in [6, 6.07) is 9.41. The Morgan fingerprint density at radius 3 is 2.50 bits per heavy atom. The van der Waals surface area contributed by atoms with Gasteiger partial charge < -0.3 is 10.4 Å². The lowest BCUT2D eigenvalue weighted by Crippen LogP contribution is -2.42. The summed E-state index contributed by atoms with van der Waals surface area (Å²) < 4.78 is 1.65. The zero-order chi connectivity index (χ0) is 17.9. The maximum Gasteiger partial charge on any atom is 0.255 e. The summed E-state index contributed by atoms with van der Waals surface area (Å²) in [5, 5.41) is 17.7. The summed E-state index contributed by atoms with van der Waals surface area (Å²) in [6.45, 7) is 7.90. The summed E-state index contributed by atoms with van der Waals surface area (Å²) in [5.41, 5.74) is 2.14. The molecule has 0 spiro atoms. The van der Waals surface area contributed by atoms with Gasteiger partial charge in [-0.2, -0.15) is 5.10 Å². The number of benzene rings is 1. The van der Waals surface area contributed by atoms with Crippen molar-refractivity contribution in [2.45, 2.75) is 51.7 Å². The predicted molar refractivity (Wildman–Crippen MR) is 95.0 cm³/mol. The number of carbonyl (C=O) groups excluding carboxylic acids is 1. The van der Waals surface area contributed by atoms with Crippen LogP contribution < -0.4 is 5.32 Å². The van der Waals surface area contributed by atoms with Gasteiger partial charge in [-0.05, 0) is 12.5 Å². The van der Waals surface area contributed by atoms with Crippen molar-refractivity contribution in [2.24, 2.45) is 7.05 Å². The van der Waals surface area contributed by atoms with Gasteiger partial charge in [0.1, 0.15) is 0 Å². The van der Waals surface area contributed by atoms with Crippen molar-refractivity contribution >= 4 is 5.91 Å². The highest BCUT2D eigenvalue weighted by Gasteiger charge is 2.27. The van der Waals surface area contributed by atoms with Gasteiger partial charge in [0, 0.05) is 25.1 Å². The molecule has 0 saturated heterocycles. The van der Waals surface area contributed by atoms with Gasteiger partial charge in [-0.15, -0.1) is 0 Å². The molecular formula is C19H27N3O2. The van der Waals surface area contributed by atoms with Crippen LogP contribution >= 0.6 is 0 Å². The molecule has 24 heavy (non-hydrogen) atoms. The van der Waals surface area contributed by atoms with Gasteiger partial charge in [0.15, 0.2) is 0 Å². The summed E-state index contributed by atoms with van der Waals surface area (Å²) in [4.78, 5) is 12.6. The number of carbonyl (C=O) groups is 1. The standard InChI is InChI=1S/C19H27N3O2/c1-13(16(23)11-14-9-7-6-8-10-14)20-18(24)15-12-22(5)21-17(15)19(2,3)4/h6-10,12-13,16,23H,11H2,1-5H3,(H,20,24). The number of aliphatic hydroxyl groups is 1. The molecule has 2 rings (SSSR count). The first kappa shape index (κ1) is 18.2. The smallest absolute Gasteiger partial charge is 0.255 e. The van der Waals surface area contributed by atoms with Crippen LogP contribution in [0, 0.1) is 0 Å². The maximum atomic E-state index is 12.6. The van der Waals surface area contributed by atoms with E-state index in [1.54, 1.807) is 17.9 Å². The third kappa shape index (κ3) is 4.45. The Morgan fingerprint density at radius 2 is 1.92 bits per heavy atom. The summed E-state index contributed by atoms with van der Waals surface area (Å²) in [5.74, 6) is -0.201. The highest BCUT2D eigenvalue weighted by Crippen LogP contribution is 2.24. The van der Waals surface area contributed by atoms with Crippen LogP contribution in [0.1, 0.15) is 49.3 Å². The Hall–Kier alpha value is -2.14. The molecule has 1 aromatic carbocycles. The minimum atomic E-state index is -0.647. The van der Waals surface area contributed by atoms with Crippen molar-refractivity contribution in [1.29, 1.82) is 0 Å². The van der Waals surface area contributed by atoms with Gasteiger partial charge >= 0.3 is 0 Å². The molecule has 0 aliphatic rings. The van der Waals surface area contributed by atoms with Gasteiger partial charge in [0.25, 0.3) is 5.91 Å². The second-order valence-corrected chi connectivity index (χ2v) is 7.33. The second-order valence-electron chi connectivity index (χ2n) is 7.33. The van der Waals surface area contributed by atoms with Crippen molar-refractivity contribution in [3.63, 3.8) is 0 Å². The van der Waals surface area contributed by atoms with E-state index in [9.17, 15) is 9.90 Å². The molecule has 1 amide bonds. The Bertz CT molecular complexity index is 686. The highest BCUT2D eigenvalue weighted by molar-refractivity contribution is 5.95. The normalized spacial score (nSPS) is 14.2. The molecule has 2 atom stereocenters. The van der Waals surface area contributed by atoms with E-state index in [-0.39, 0.29) is 17.4 Å². The quantitative estimate of drug-likeness (QED) is 0.885. The van der Waals surface area contributed by atoms with Crippen LogP contribution in [0.4, 0.5) is 0 Å². The SMILES string of the molecule is CC(NC(=O)c1cn(C)nc1C(C)(C)C)C(O)Cc1ccccc1. The Morgan fingerprint density at radius 1 is 1.29 bits per heavy atom. The number of hydrogen-bond donors (Lipinski definition) is 2. The largest absolute Gasteiger partial charge is 0.391 e. The van der Waals surface area contributed by atoms with Crippen LogP contribution in [0.5, 0.6) is 0 Å². The first-order valence-electron chi connectivity index (χ1n) is 8.25. The number of nitrogens with one attached hydrogen (secondary N) is 1. The summed E-state index contributed by atoms with van der Waals surface area (Å²) in [6.07, 6.45) is 1.58. The van der Waals surface area contributed by atoms with E-state index < -0.39 is 6.10 Å². The monoisotopic (exact) mass is 329 g/mol. The number of nitrogens with zero attached hydrogens (tertiary/aromatic N) is 2. The maximum absolute atomic E-state index is 12.6.